The van der Waals surface area contributed by atoms with Crippen molar-refractivity contribution in [1.29, 1.82) is 0 Å². The zero-order valence-electron chi connectivity index (χ0n) is 11.9. The molecule has 0 aliphatic carbocycles. The van der Waals surface area contributed by atoms with E-state index in [1.54, 1.807) is 6.07 Å². The number of nitrogens with two attached hydrogens (primary N) is 1. The SMILES string of the molecule is CC(N)Cc1cccc(F)c1N1CC(C)OCC1C. The van der Waals surface area contributed by atoms with Crippen LogP contribution in [-0.4, -0.2) is 31.3 Å². The molecule has 3 atom stereocenters. The summed E-state index contributed by atoms with van der Waals surface area (Å²) in [5, 5.41) is 0. The second-order valence-electron chi connectivity index (χ2n) is 5.57. The first-order valence-electron chi connectivity index (χ1n) is 6.90. The first-order valence-corrected chi connectivity index (χ1v) is 6.90. The molecule has 1 aromatic carbocycles. The molecule has 1 aromatic rings. The van der Waals surface area contributed by atoms with Crippen molar-refractivity contribution in [2.75, 3.05) is 18.1 Å². The van der Waals surface area contributed by atoms with Crippen molar-refractivity contribution in [1.82, 2.24) is 0 Å². The Morgan fingerprint density at radius 2 is 2.21 bits per heavy atom. The molecule has 0 saturated carbocycles. The van der Waals surface area contributed by atoms with Crippen LogP contribution in [0.4, 0.5) is 10.1 Å². The van der Waals surface area contributed by atoms with Crippen LogP contribution in [0.15, 0.2) is 18.2 Å². The molecule has 2 N–H and O–H groups in total. The first-order chi connectivity index (χ1) is 8.99. The van der Waals surface area contributed by atoms with Crippen molar-refractivity contribution in [2.24, 2.45) is 5.73 Å². The average molecular weight is 266 g/mol. The van der Waals surface area contributed by atoms with E-state index in [0.29, 0.717) is 25.3 Å². The molecule has 1 aliphatic rings. The summed E-state index contributed by atoms with van der Waals surface area (Å²) in [4.78, 5) is 2.11. The molecule has 1 fully saturated rings. The summed E-state index contributed by atoms with van der Waals surface area (Å²) in [6, 6.07) is 5.45. The largest absolute Gasteiger partial charge is 0.375 e. The van der Waals surface area contributed by atoms with Crippen molar-refractivity contribution in [3.8, 4) is 0 Å². The minimum atomic E-state index is -0.167. The highest BCUT2D eigenvalue weighted by molar-refractivity contribution is 5.56. The van der Waals surface area contributed by atoms with Crippen LogP contribution in [0.2, 0.25) is 0 Å². The predicted molar refractivity (Wildman–Crippen MR) is 76.0 cm³/mol. The minimum absolute atomic E-state index is 0.0225. The standard InChI is InChI=1S/C15H23FN2O/c1-10(17)7-13-5-4-6-14(16)15(13)18-8-12(3)19-9-11(18)2/h4-6,10-12H,7-9,17H2,1-3H3. The first kappa shape index (κ1) is 14.3. The lowest BCUT2D eigenvalue weighted by atomic mass is 10.0. The number of morpholine rings is 1. The van der Waals surface area contributed by atoms with Crippen LogP contribution in [0.25, 0.3) is 0 Å². The summed E-state index contributed by atoms with van der Waals surface area (Å²) in [5.41, 5.74) is 7.55. The summed E-state index contributed by atoms with van der Waals surface area (Å²) in [6.07, 6.45) is 0.810. The second-order valence-corrected chi connectivity index (χ2v) is 5.57. The number of nitrogens with zero attached hydrogens (tertiary/aromatic N) is 1. The van der Waals surface area contributed by atoms with Crippen molar-refractivity contribution in [3.05, 3.63) is 29.6 Å². The lowest BCUT2D eigenvalue weighted by Gasteiger charge is -2.39. The third-order valence-corrected chi connectivity index (χ3v) is 3.51. The number of benzene rings is 1. The maximum absolute atomic E-state index is 14.3. The van der Waals surface area contributed by atoms with Crippen LogP contribution < -0.4 is 10.6 Å². The van der Waals surface area contributed by atoms with Crippen LogP contribution >= 0.6 is 0 Å². The molecule has 0 radical (unpaired) electrons. The van der Waals surface area contributed by atoms with Gasteiger partial charge >= 0.3 is 0 Å². The van der Waals surface area contributed by atoms with Gasteiger partial charge in [-0.15, -0.1) is 0 Å². The Labute approximate surface area is 114 Å². The Morgan fingerprint density at radius 1 is 1.47 bits per heavy atom. The van der Waals surface area contributed by atoms with Gasteiger partial charge in [-0.1, -0.05) is 12.1 Å². The van der Waals surface area contributed by atoms with Crippen LogP contribution in [-0.2, 0) is 11.2 Å². The Hall–Kier alpha value is -1.13. The molecule has 3 nitrogen and oxygen atoms in total. The smallest absolute Gasteiger partial charge is 0.146 e. The van der Waals surface area contributed by atoms with E-state index in [2.05, 4.69) is 11.8 Å². The third kappa shape index (κ3) is 3.25. The summed E-state index contributed by atoms with van der Waals surface area (Å²) in [6.45, 7) is 7.38. The summed E-state index contributed by atoms with van der Waals surface area (Å²) >= 11 is 0. The van der Waals surface area contributed by atoms with E-state index in [4.69, 9.17) is 10.5 Å². The summed E-state index contributed by atoms with van der Waals surface area (Å²) in [7, 11) is 0. The lowest BCUT2D eigenvalue weighted by molar-refractivity contribution is 0.0340. The maximum Gasteiger partial charge on any atom is 0.146 e. The van der Waals surface area contributed by atoms with E-state index in [1.807, 2.05) is 19.9 Å². The van der Waals surface area contributed by atoms with Crippen molar-refractivity contribution in [3.63, 3.8) is 0 Å². The van der Waals surface area contributed by atoms with Gasteiger partial charge in [0.15, 0.2) is 0 Å². The Morgan fingerprint density at radius 3 is 2.89 bits per heavy atom. The molecule has 106 valence electrons. The average Bonchev–Trinajstić information content (AvgIpc) is 2.32. The van der Waals surface area contributed by atoms with E-state index in [9.17, 15) is 4.39 Å². The van der Waals surface area contributed by atoms with Crippen LogP contribution in [0.3, 0.4) is 0 Å². The van der Waals surface area contributed by atoms with E-state index in [1.165, 1.54) is 6.07 Å². The molecule has 1 heterocycles. The molecule has 4 heteroatoms. The lowest BCUT2D eigenvalue weighted by Crippen LogP contribution is -2.48. The topological polar surface area (TPSA) is 38.5 Å². The quantitative estimate of drug-likeness (QED) is 0.912. The van der Waals surface area contributed by atoms with Crippen LogP contribution in [0.5, 0.6) is 0 Å². The van der Waals surface area contributed by atoms with E-state index in [-0.39, 0.29) is 24.0 Å². The number of anilines is 1. The fourth-order valence-corrected chi connectivity index (χ4v) is 2.61. The highest BCUT2D eigenvalue weighted by Gasteiger charge is 2.27. The highest BCUT2D eigenvalue weighted by Crippen LogP contribution is 2.29. The Bertz CT molecular complexity index is 436. The number of ether oxygens (including phenoxy) is 1. The molecular weight excluding hydrogens is 243 g/mol. The molecule has 1 saturated heterocycles. The number of hydrogen-bond donors (Lipinski definition) is 1. The summed E-state index contributed by atoms with van der Waals surface area (Å²) < 4.78 is 19.9. The maximum atomic E-state index is 14.3. The molecule has 3 unspecified atom stereocenters. The van der Waals surface area contributed by atoms with Crippen molar-refractivity contribution < 1.29 is 9.13 Å². The van der Waals surface area contributed by atoms with E-state index in [0.717, 1.165) is 5.56 Å². The van der Waals surface area contributed by atoms with Crippen molar-refractivity contribution >= 4 is 5.69 Å². The zero-order valence-corrected chi connectivity index (χ0v) is 11.9. The normalized spacial score (nSPS) is 25.4. The fourth-order valence-electron chi connectivity index (χ4n) is 2.61. The molecule has 0 amide bonds. The van der Waals surface area contributed by atoms with Gasteiger partial charge in [-0.25, -0.2) is 4.39 Å². The Kier molecular flexibility index (Phi) is 4.42. The van der Waals surface area contributed by atoms with Gasteiger partial charge in [0.1, 0.15) is 5.82 Å². The van der Waals surface area contributed by atoms with Crippen LogP contribution in [0, 0.1) is 5.82 Å². The van der Waals surface area contributed by atoms with E-state index >= 15 is 0 Å². The molecule has 0 spiro atoms. The van der Waals surface area contributed by atoms with Gasteiger partial charge < -0.3 is 15.4 Å². The van der Waals surface area contributed by atoms with Gasteiger partial charge in [0.2, 0.25) is 0 Å². The molecule has 2 rings (SSSR count). The number of hydrogen-bond acceptors (Lipinski definition) is 3. The number of para-hydroxylation sites is 1. The minimum Gasteiger partial charge on any atom is -0.375 e. The third-order valence-electron chi connectivity index (χ3n) is 3.51. The number of halogens is 1. The number of rotatable bonds is 3. The Balaban J connectivity index is 2.36. The molecule has 19 heavy (non-hydrogen) atoms. The molecule has 0 bridgehead atoms. The molecule has 1 aliphatic heterocycles. The van der Waals surface area contributed by atoms with Gasteiger partial charge in [-0.2, -0.15) is 0 Å². The van der Waals surface area contributed by atoms with Gasteiger partial charge in [0.25, 0.3) is 0 Å². The monoisotopic (exact) mass is 266 g/mol. The zero-order chi connectivity index (χ0) is 14.0. The van der Waals surface area contributed by atoms with E-state index < -0.39 is 0 Å². The second kappa shape index (κ2) is 5.88. The van der Waals surface area contributed by atoms with Gasteiger partial charge in [0, 0.05) is 18.6 Å². The van der Waals surface area contributed by atoms with Crippen LogP contribution in [0.1, 0.15) is 26.3 Å². The highest BCUT2D eigenvalue weighted by atomic mass is 19.1. The van der Waals surface area contributed by atoms with Gasteiger partial charge in [0.05, 0.1) is 18.4 Å². The molecular formula is C15H23FN2O. The fraction of sp³-hybridized carbons (Fsp3) is 0.600. The molecule has 0 aromatic heterocycles. The summed E-state index contributed by atoms with van der Waals surface area (Å²) in [5.74, 6) is -0.167. The van der Waals surface area contributed by atoms with Crippen molar-refractivity contribution in [2.45, 2.75) is 45.4 Å². The van der Waals surface area contributed by atoms with Gasteiger partial charge in [-0.05, 0) is 38.8 Å². The van der Waals surface area contributed by atoms with Gasteiger partial charge in [-0.3, -0.25) is 0 Å². The predicted octanol–water partition coefficient (Wildman–Crippen LogP) is 2.33.